The van der Waals surface area contributed by atoms with Gasteiger partial charge in [0.25, 0.3) is 0 Å². The van der Waals surface area contributed by atoms with Crippen LogP contribution in [-0.2, 0) is 14.3 Å². The Labute approximate surface area is 147 Å². The number of nitrogens with zero attached hydrogens (tertiary/aromatic N) is 2. The lowest BCUT2D eigenvalue weighted by Gasteiger charge is -2.27. The second kappa shape index (κ2) is 7.63. The number of hydrogen-bond donors (Lipinski definition) is 1. The van der Waals surface area contributed by atoms with E-state index in [1.54, 1.807) is 11.0 Å². The first-order chi connectivity index (χ1) is 11.7. The Bertz CT molecular complexity index is 649. The molecule has 0 aliphatic carbocycles. The van der Waals surface area contributed by atoms with Gasteiger partial charge < -0.3 is 15.0 Å². The van der Waals surface area contributed by atoms with Crippen LogP contribution in [0.15, 0.2) is 18.3 Å². The molecule has 1 saturated heterocycles. The minimum absolute atomic E-state index is 0.00399. The molecule has 1 N–H and O–H groups in total. The first kappa shape index (κ1) is 18.9. The van der Waals surface area contributed by atoms with Crippen molar-refractivity contribution in [2.75, 3.05) is 19.0 Å². The summed E-state index contributed by atoms with van der Waals surface area (Å²) in [5.41, 5.74) is 0.532. The van der Waals surface area contributed by atoms with Crippen LogP contribution in [-0.4, -0.2) is 47.4 Å². The summed E-state index contributed by atoms with van der Waals surface area (Å²) in [6, 6.07) is 2.61. The molecule has 0 spiro atoms. The molecule has 25 heavy (non-hydrogen) atoms. The maximum absolute atomic E-state index is 12.5. The van der Waals surface area contributed by atoms with Crippen molar-refractivity contribution in [2.45, 2.75) is 46.1 Å². The predicted molar refractivity (Wildman–Crippen MR) is 93.0 cm³/mol. The number of aromatic nitrogens is 1. The van der Waals surface area contributed by atoms with Gasteiger partial charge in [-0.05, 0) is 30.4 Å². The molecule has 1 aliphatic heterocycles. The Kier molecular flexibility index (Phi) is 5.77. The molecule has 0 bridgehead atoms. The van der Waals surface area contributed by atoms with Crippen molar-refractivity contribution >= 4 is 23.5 Å². The van der Waals surface area contributed by atoms with Crippen LogP contribution in [0.5, 0.6) is 0 Å². The Morgan fingerprint density at radius 2 is 2.04 bits per heavy atom. The molecule has 1 atom stereocenters. The Balaban J connectivity index is 2.01. The molecular weight excluding hydrogens is 322 g/mol. The van der Waals surface area contributed by atoms with Crippen LogP contribution in [0.2, 0.25) is 0 Å². The van der Waals surface area contributed by atoms with Crippen LogP contribution in [0.3, 0.4) is 0 Å². The molecule has 7 heteroatoms. The van der Waals surface area contributed by atoms with Gasteiger partial charge in [-0.2, -0.15) is 0 Å². The monoisotopic (exact) mass is 347 g/mol. The van der Waals surface area contributed by atoms with Gasteiger partial charge in [-0.25, -0.2) is 9.78 Å². The van der Waals surface area contributed by atoms with E-state index in [1.807, 2.05) is 20.8 Å². The molecule has 2 heterocycles. The smallest absolute Gasteiger partial charge is 0.356 e. The van der Waals surface area contributed by atoms with Crippen LogP contribution in [0, 0.1) is 5.41 Å². The fourth-order valence-corrected chi connectivity index (χ4v) is 2.81. The van der Waals surface area contributed by atoms with Crippen LogP contribution < -0.4 is 5.32 Å². The number of amides is 2. The summed E-state index contributed by atoms with van der Waals surface area (Å²) >= 11 is 0. The third kappa shape index (κ3) is 5.01. The van der Waals surface area contributed by atoms with Crippen LogP contribution in [0.25, 0.3) is 0 Å². The third-order valence-electron chi connectivity index (χ3n) is 3.98. The van der Waals surface area contributed by atoms with Crippen molar-refractivity contribution in [1.82, 2.24) is 9.88 Å². The molecule has 0 aromatic carbocycles. The largest absolute Gasteiger partial charge is 0.464 e. The van der Waals surface area contributed by atoms with Crippen molar-refractivity contribution in [1.29, 1.82) is 0 Å². The molecule has 1 unspecified atom stereocenters. The van der Waals surface area contributed by atoms with Gasteiger partial charge >= 0.3 is 5.97 Å². The number of esters is 1. The first-order valence-corrected chi connectivity index (χ1v) is 8.36. The summed E-state index contributed by atoms with van der Waals surface area (Å²) in [6.45, 7) is 6.62. The minimum Gasteiger partial charge on any atom is -0.464 e. The van der Waals surface area contributed by atoms with Gasteiger partial charge in [-0.1, -0.05) is 20.8 Å². The Morgan fingerprint density at radius 3 is 2.60 bits per heavy atom. The Morgan fingerprint density at radius 1 is 1.32 bits per heavy atom. The second-order valence-electron chi connectivity index (χ2n) is 7.40. The number of ether oxygens (including phenoxy) is 1. The van der Waals surface area contributed by atoms with E-state index in [2.05, 4.69) is 15.0 Å². The summed E-state index contributed by atoms with van der Waals surface area (Å²) < 4.78 is 4.59. The van der Waals surface area contributed by atoms with E-state index in [1.165, 1.54) is 19.4 Å². The lowest BCUT2D eigenvalue weighted by Crippen LogP contribution is -2.44. The van der Waals surface area contributed by atoms with Crippen molar-refractivity contribution in [3.63, 3.8) is 0 Å². The van der Waals surface area contributed by atoms with Crippen LogP contribution in [0.1, 0.15) is 50.5 Å². The topological polar surface area (TPSA) is 88.6 Å². The lowest BCUT2D eigenvalue weighted by molar-refractivity contribution is -0.138. The molecule has 0 saturated carbocycles. The molecule has 1 aromatic rings. The molecule has 2 amide bonds. The predicted octanol–water partition coefficient (Wildman–Crippen LogP) is 2.23. The number of likely N-dealkylation sites (tertiary alicyclic amines) is 1. The number of carbonyl (C=O) groups is 3. The highest BCUT2D eigenvalue weighted by Crippen LogP contribution is 2.25. The summed E-state index contributed by atoms with van der Waals surface area (Å²) in [4.78, 5) is 42.0. The number of methoxy groups -OCH3 is 1. The number of anilines is 1. The van der Waals surface area contributed by atoms with Gasteiger partial charge in [-0.3, -0.25) is 9.59 Å². The van der Waals surface area contributed by atoms with E-state index in [0.29, 0.717) is 25.1 Å². The molecule has 2 rings (SSSR count). The SMILES string of the molecule is COC(=O)c1ccc(NC(=O)C2CCCN2C(=O)CC(C)(C)C)cn1. The van der Waals surface area contributed by atoms with Gasteiger partial charge in [0.1, 0.15) is 11.7 Å². The highest BCUT2D eigenvalue weighted by molar-refractivity contribution is 5.97. The van der Waals surface area contributed by atoms with Gasteiger partial charge in [0.05, 0.1) is 19.0 Å². The summed E-state index contributed by atoms with van der Waals surface area (Å²) in [5, 5.41) is 2.77. The first-order valence-electron chi connectivity index (χ1n) is 8.36. The summed E-state index contributed by atoms with van der Waals surface area (Å²) in [7, 11) is 1.28. The van der Waals surface area contributed by atoms with Gasteiger partial charge in [0, 0.05) is 13.0 Å². The maximum Gasteiger partial charge on any atom is 0.356 e. The van der Waals surface area contributed by atoms with Crippen LogP contribution in [0.4, 0.5) is 5.69 Å². The average Bonchev–Trinajstić information content (AvgIpc) is 3.03. The van der Waals surface area contributed by atoms with E-state index < -0.39 is 12.0 Å². The maximum atomic E-state index is 12.5. The highest BCUT2D eigenvalue weighted by atomic mass is 16.5. The van der Waals surface area contributed by atoms with Gasteiger partial charge in [0.2, 0.25) is 11.8 Å². The van der Waals surface area contributed by atoms with E-state index in [9.17, 15) is 14.4 Å². The van der Waals surface area contributed by atoms with Crippen molar-refractivity contribution in [3.8, 4) is 0 Å². The van der Waals surface area contributed by atoms with Crippen LogP contribution >= 0.6 is 0 Å². The van der Waals surface area contributed by atoms with Gasteiger partial charge in [-0.15, -0.1) is 0 Å². The van der Waals surface area contributed by atoms with E-state index in [0.717, 1.165) is 6.42 Å². The van der Waals surface area contributed by atoms with E-state index in [-0.39, 0.29) is 22.9 Å². The quantitative estimate of drug-likeness (QED) is 0.844. The Hall–Kier alpha value is -2.44. The standard InChI is InChI=1S/C18H25N3O4/c1-18(2,3)10-15(22)21-9-5-6-14(21)16(23)20-12-7-8-13(19-11-12)17(24)25-4/h7-8,11,14H,5-6,9-10H2,1-4H3,(H,20,23). The molecule has 1 aromatic heterocycles. The molecule has 7 nitrogen and oxygen atoms in total. The lowest BCUT2D eigenvalue weighted by atomic mass is 9.91. The summed E-state index contributed by atoms with van der Waals surface area (Å²) in [6.07, 6.45) is 3.27. The summed E-state index contributed by atoms with van der Waals surface area (Å²) in [5.74, 6) is -0.760. The van der Waals surface area contributed by atoms with Gasteiger partial charge in [0.15, 0.2) is 0 Å². The van der Waals surface area contributed by atoms with Crippen molar-refractivity contribution < 1.29 is 19.1 Å². The number of hydrogen-bond acceptors (Lipinski definition) is 5. The van der Waals surface area contributed by atoms with Crippen molar-refractivity contribution in [3.05, 3.63) is 24.0 Å². The molecule has 136 valence electrons. The zero-order valence-corrected chi connectivity index (χ0v) is 15.2. The van der Waals surface area contributed by atoms with E-state index in [4.69, 9.17) is 0 Å². The minimum atomic E-state index is -0.535. The molecule has 0 radical (unpaired) electrons. The third-order valence-corrected chi connectivity index (χ3v) is 3.98. The van der Waals surface area contributed by atoms with Crippen molar-refractivity contribution in [2.24, 2.45) is 5.41 Å². The van der Waals surface area contributed by atoms with E-state index >= 15 is 0 Å². The number of carbonyl (C=O) groups excluding carboxylic acids is 3. The number of nitrogens with one attached hydrogen (secondary N) is 1. The normalized spacial score (nSPS) is 17.3. The fraction of sp³-hybridized carbons (Fsp3) is 0.556. The molecule has 1 fully saturated rings. The number of pyridine rings is 1. The average molecular weight is 347 g/mol. The highest BCUT2D eigenvalue weighted by Gasteiger charge is 2.35. The molecular formula is C18H25N3O4. The second-order valence-corrected chi connectivity index (χ2v) is 7.40. The molecule has 1 aliphatic rings. The zero-order chi connectivity index (χ0) is 18.6. The fourth-order valence-electron chi connectivity index (χ4n) is 2.81. The zero-order valence-electron chi connectivity index (χ0n) is 15.2. The number of rotatable bonds is 4.